The molecule has 2 aliphatic rings. The van der Waals surface area contributed by atoms with Crippen LogP contribution in [0.25, 0.3) is 0 Å². The minimum absolute atomic E-state index is 0.0512. The number of hydrogen-bond acceptors (Lipinski definition) is 5. The summed E-state index contributed by atoms with van der Waals surface area (Å²) in [5, 5.41) is 9.27. The summed E-state index contributed by atoms with van der Waals surface area (Å²) in [5.74, 6) is -0.121. The third-order valence-electron chi connectivity index (χ3n) is 7.02. The van der Waals surface area contributed by atoms with E-state index in [1.807, 2.05) is 40.5 Å². The average Bonchev–Trinajstić information content (AvgIpc) is 3.48. The number of aryl methyl sites for hydroxylation is 4. The molecule has 1 saturated heterocycles. The van der Waals surface area contributed by atoms with Crippen LogP contribution in [0.1, 0.15) is 56.8 Å². The molecule has 0 radical (unpaired) electrons. The quantitative estimate of drug-likeness (QED) is 0.508. The summed E-state index contributed by atoms with van der Waals surface area (Å²) in [4.78, 5) is 30.6. The zero-order chi connectivity index (χ0) is 25.1. The predicted molar refractivity (Wildman–Crippen MR) is 135 cm³/mol. The van der Waals surface area contributed by atoms with Gasteiger partial charge in [-0.25, -0.2) is 0 Å². The predicted octanol–water partition coefficient (Wildman–Crippen LogP) is 2.71. The number of carbonyl (C=O) groups is 2. The number of fused-ring (bicyclic) bond motifs is 1. The molecule has 5 rings (SSSR count). The van der Waals surface area contributed by atoms with E-state index in [9.17, 15) is 9.59 Å². The van der Waals surface area contributed by atoms with Crippen LogP contribution in [0.2, 0.25) is 0 Å². The van der Waals surface area contributed by atoms with Gasteiger partial charge in [0.15, 0.2) is 5.69 Å². The smallest absolute Gasteiger partial charge is 0.274 e. The Morgan fingerprint density at radius 3 is 2.50 bits per heavy atom. The van der Waals surface area contributed by atoms with Crippen molar-refractivity contribution in [2.45, 2.75) is 52.7 Å². The molecule has 0 spiro atoms. The Morgan fingerprint density at radius 2 is 1.75 bits per heavy atom. The first-order chi connectivity index (χ1) is 17.5. The van der Waals surface area contributed by atoms with E-state index in [-0.39, 0.29) is 11.8 Å². The molecule has 0 atom stereocenters. The number of nitrogens with zero attached hydrogens (tertiary/aromatic N) is 6. The Balaban J connectivity index is 1.40. The monoisotopic (exact) mass is 490 g/mol. The van der Waals surface area contributed by atoms with E-state index in [1.54, 1.807) is 4.68 Å². The van der Waals surface area contributed by atoms with Gasteiger partial charge in [-0.05, 0) is 38.3 Å². The largest absolute Gasteiger partial charge is 0.378 e. The minimum atomic E-state index is -0.0693. The Bertz CT molecular complexity index is 1230. The molecular formula is C27H34N6O3. The van der Waals surface area contributed by atoms with Crippen LogP contribution in [0.15, 0.2) is 36.4 Å². The average molecular weight is 491 g/mol. The highest BCUT2D eigenvalue weighted by Gasteiger charge is 2.33. The molecule has 9 heteroatoms. The second-order valence-corrected chi connectivity index (χ2v) is 9.45. The van der Waals surface area contributed by atoms with Gasteiger partial charge in [0.25, 0.3) is 11.8 Å². The Morgan fingerprint density at radius 1 is 0.972 bits per heavy atom. The van der Waals surface area contributed by atoms with E-state index in [1.165, 1.54) is 5.56 Å². The summed E-state index contributed by atoms with van der Waals surface area (Å²) in [6, 6.07) is 12.3. The van der Waals surface area contributed by atoms with Crippen molar-refractivity contribution in [1.29, 1.82) is 0 Å². The Hall–Kier alpha value is -3.46. The SMILES string of the molecule is CCn1nc(C)cc1C(=O)N1CCc2c(c(C(=O)N3CCOCC3)nn2CCCc2ccccc2)C1. The van der Waals surface area contributed by atoms with E-state index in [4.69, 9.17) is 9.84 Å². The molecule has 2 aromatic heterocycles. The first kappa shape index (κ1) is 24.2. The molecule has 190 valence electrons. The van der Waals surface area contributed by atoms with Gasteiger partial charge < -0.3 is 14.5 Å². The number of morpholine rings is 1. The number of rotatable bonds is 7. The summed E-state index contributed by atoms with van der Waals surface area (Å²) in [6.07, 6.45) is 2.56. The van der Waals surface area contributed by atoms with Crippen molar-refractivity contribution in [2.24, 2.45) is 0 Å². The van der Waals surface area contributed by atoms with Gasteiger partial charge in [-0.2, -0.15) is 10.2 Å². The van der Waals surface area contributed by atoms with Crippen molar-refractivity contribution in [3.63, 3.8) is 0 Å². The molecule has 4 heterocycles. The van der Waals surface area contributed by atoms with Gasteiger partial charge in [0, 0.05) is 50.4 Å². The standard InChI is InChI=1S/C27H34N6O3/c1-3-32-24(18-20(2)28-32)26(34)31-13-11-23-22(19-31)25(27(35)30-14-16-36-17-15-30)29-33(23)12-7-10-21-8-5-4-6-9-21/h4-6,8-9,18H,3,7,10-17,19H2,1-2H3. The summed E-state index contributed by atoms with van der Waals surface area (Å²) in [5.41, 5.74) is 5.14. The summed E-state index contributed by atoms with van der Waals surface area (Å²) >= 11 is 0. The van der Waals surface area contributed by atoms with Crippen molar-refractivity contribution in [3.05, 3.63) is 70.3 Å². The van der Waals surface area contributed by atoms with Crippen molar-refractivity contribution >= 4 is 11.8 Å². The second kappa shape index (κ2) is 10.7. The highest BCUT2D eigenvalue weighted by atomic mass is 16.5. The molecule has 9 nitrogen and oxygen atoms in total. The number of benzene rings is 1. The van der Waals surface area contributed by atoms with Gasteiger partial charge in [-0.15, -0.1) is 0 Å². The van der Waals surface area contributed by atoms with Crippen LogP contribution in [0.4, 0.5) is 0 Å². The van der Waals surface area contributed by atoms with Crippen LogP contribution in [0.3, 0.4) is 0 Å². The second-order valence-electron chi connectivity index (χ2n) is 9.45. The number of hydrogen-bond donors (Lipinski definition) is 0. The fourth-order valence-corrected chi connectivity index (χ4v) is 5.14. The van der Waals surface area contributed by atoms with E-state index < -0.39 is 0 Å². The van der Waals surface area contributed by atoms with Crippen molar-refractivity contribution in [2.75, 3.05) is 32.8 Å². The Labute approximate surface area is 211 Å². The Kier molecular flexibility index (Phi) is 7.18. The van der Waals surface area contributed by atoms with Crippen LogP contribution < -0.4 is 0 Å². The fourth-order valence-electron chi connectivity index (χ4n) is 5.14. The molecule has 36 heavy (non-hydrogen) atoms. The van der Waals surface area contributed by atoms with Gasteiger partial charge in [-0.1, -0.05) is 30.3 Å². The molecule has 0 saturated carbocycles. The van der Waals surface area contributed by atoms with Gasteiger partial charge in [0.2, 0.25) is 0 Å². The van der Waals surface area contributed by atoms with Crippen molar-refractivity contribution in [3.8, 4) is 0 Å². The molecule has 1 fully saturated rings. The van der Waals surface area contributed by atoms with E-state index in [0.717, 1.165) is 36.3 Å². The molecule has 3 aromatic rings. The van der Waals surface area contributed by atoms with Crippen molar-refractivity contribution < 1.29 is 14.3 Å². The van der Waals surface area contributed by atoms with Crippen LogP contribution >= 0.6 is 0 Å². The number of aromatic nitrogens is 4. The number of ether oxygens (including phenoxy) is 1. The first-order valence-corrected chi connectivity index (χ1v) is 12.9. The van der Waals surface area contributed by atoms with Crippen LogP contribution in [-0.4, -0.2) is 74.0 Å². The minimum Gasteiger partial charge on any atom is -0.378 e. The van der Waals surface area contributed by atoms with E-state index >= 15 is 0 Å². The first-order valence-electron chi connectivity index (χ1n) is 12.9. The third-order valence-corrected chi connectivity index (χ3v) is 7.02. The molecule has 0 aliphatic carbocycles. The van der Waals surface area contributed by atoms with Crippen LogP contribution in [0, 0.1) is 6.92 Å². The number of carbonyl (C=O) groups excluding carboxylic acids is 2. The normalized spacial score (nSPS) is 15.7. The van der Waals surface area contributed by atoms with Gasteiger partial charge >= 0.3 is 0 Å². The maximum Gasteiger partial charge on any atom is 0.274 e. The highest BCUT2D eigenvalue weighted by molar-refractivity contribution is 5.95. The van der Waals surface area contributed by atoms with E-state index in [0.29, 0.717) is 63.7 Å². The lowest BCUT2D eigenvalue weighted by Gasteiger charge is -2.29. The zero-order valence-electron chi connectivity index (χ0n) is 21.2. The maximum absolute atomic E-state index is 13.5. The van der Waals surface area contributed by atoms with Gasteiger partial charge in [0.1, 0.15) is 5.69 Å². The fraction of sp³-hybridized carbons (Fsp3) is 0.481. The molecule has 0 N–H and O–H groups in total. The lowest BCUT2D eigenvalue weighted by atomic mass is 10.0. The molecular weight excluding hydrogens is 456 g/mol. The molecule has 2 amide bonds. The molecule has 0 bridgehead atoms. The summed E-state index contributed by atoms with van der Waals surface area (Å²) < 4.78 is 9.20. The highest BCUT2D eigenvalue weighted by Crippen LogP contribution is 2.26. The third kappa shape index (κ3) is 4.93. The molecule has 0 unspecified atom stereocenters. The van der Waals surface area contributed by atoms with Crippen LogP contribution in [-0.2, 0) is 37.2 Å². The van der Waals surface area contributed by atoms with Gasteiger partial charge in [-0.3, -0.25) is 19.0 Å². The van der Waals surface area contributed by atoms with Gasteiger partial charge in [0.05, 0.1) is 25.5 Å². The molecule has 1 aromatic carbocycles. The van der Waals surface area contributed by atoms with Crippen LogP contribution in [0.5, 0.6) is 0 Å². The topological polar surface area (TPSA) is 85.5 Å². The maximum atomic E-state index is 13.5. The zero-order valence-corrected chi connectivity index (χ0v) is 21.2. The lowest BCUT2D eigenvalue weighted by molar-refractivity contribution is 0.0296. The molecule has 2 aliphatic heterocycles. The van der Waals surface area contributed by atoms with Crippen molar-refractivity contribution in [1.82, 2.24) is 29.4 Å². The van der Waals surface area contributed by atoms with E-state index in [2.05, 4.69) is 29.4 Å². The summed E-state index contributed by atoms with van der Waals surface area (Å²) in [6.45, 7) is 8.43. The lowest BCUT2D eigenvalue weighted by Crippen LogP contribution is -2.42. The summed E-state index contributed by atoms with van der Waals surface area (Å²) in [7, 11) is 0. The number of amides is 2.